The summed E-state index contributed by atoms with van der Waals surface area (Å²) in [5, 5.41) is 5.60. The summed E-state index contributed by atoms with van der Waals surface area (Å²) in [6.07, 6.45) is 2.36. The van der Waals surface area contributed by atoms with Crippen molar-refractivity contribution in [2.45, 2.75) is 18.9 Å². The van der Waals surface area contributed by atoms with Gasteiger partial charge in [-0.2, -0.15) is 0 Å². The largest absolute Gasteiger partial charge is 0.491 e. The normalized spacial score (nSPS) is 17.4. The number of amides is 1. The molecule has 20 heavy (non-hydrogen) atoms. The summed E-state index contributed by atoms with van der Waals surface area (Å²) in [4.78, 5) is 11.5. The molecule has 1 heterocycles. The third-order valence-corrected chi connectivity index (χ3v) is 2.92. The van der Waals surface area contributed by atoms with E-state index in [9.17, 15) is 4.79 Å². The highest BCUT2D eigenvalue weighted by molar-refractivity contribution is 5.92. The fraction of sp³-hybridized carbons (Fsp3) is 0.500. The van der Waals surface area contributed by atoms with Crippen molar-refractivity contribution < 1.29 is 14.3 Å². The van der Waals surface area contributed by atoms with E-state index < -0.39 is 0 Å². The van der Waals surface area contributed by atoms with E-state index in [2.05, 4.69) is 10.6 Å². The van der Waals surface area contributed by atoms with Gasteiger partial charge in [0.15, 0.2) is 0 Å². The number of likely N-dealkylation sites (N-methyl/N-ethyl adjacent to an activating group) is 1. The second-order valence-electron chi connectivity index (χ2n) is 4.55. The Kier molecular flexibility index (Phi) is 7.36. The van der Waals surface area contributed by atoms with E-state index in [4.69, 9.17) is 9.47 Å². The Morgan fingerprint density at radius 1 is 1.50 bits per heavy atom. The zero-order chi connectivity index (χ0) is 13.5. The number of hydrogen-bond donors (Lipinski definition) is 2. The monoisotopic (exact) mass is 300 g/mol. The molecule has 1 saturated heterocycles. The van der Waals surface area contributed by atoms with Crippen LogP contribution in [0.25, 0.3) is 0 Å². The van der Waals surface area contributed by atoms with Crippen LogP contribution in [-0.2, 0) is 9.53 Å². The van der Waals surface area contributed by atoms with Crippen molar-refractivity contribution in [2.24, 2.45) is 0 Å². The lowest BCUT2D eigenvalue weighted by Crippen LogP contribution is -2.25. The summed E-state index contributed by atoms with van der Waals surface area (Å²) in [5.41, 5.74) is 0.741. The second kappa shape index (κ2) is 8.79. The lowest BCUT2D eigenvalue weighted by atomic mass is 10.2. The summed E-state index contributed by atoms with van der Waals surface area (Å²) >= 11 is 0. The van der Waals surface area contributed by atoms with Gasteiger partial charge in [-0.05, 0) is 32.0 Å². The Hall–Kier alpha value is -1.30. The van der Waals surface area contributed by atoms with Crippen LogP contribution in [0.3, 0.4) is 0 Å². The first kappa shape index (κ1) is 16.8. The average Bonchev–Trinajstić information content (AvgIpc) is 2.90. The second-order valence-corrected chi connectivity index (χ2v) is 4.55. The van der Waals surface area contributed by atoms with Gasteiger partial charge in [0.05, 0.1) is 12.6 Å². The molecule has 2 rings (SSSR count). The van der Waals surface area contributed by atoms with Gasteiger partial charge < -0.3 is 20.1 Å². The minimum absolute atomic E-state index is 0. The molecule has 6 heteroatoms. The van der Waals surface area contributed by atoms with Crippen molar-refractivity contribution in [2.75, 3.05) is 32.1 Å². The predicted molar refractivity (Wildman–Crippen MR) is 80.7 cm³/mol. The zero-order valence-electron chi connectivity index (χ0n) is 11.6. The third-order valence-electron chi connectivity index (χ3n) is 2.92. The number of carbonyl (C=O) groups excluding carboxylic acids is 1. The van der Waals surface area contributed by atoms with Gasteiger partial charge in [0, 0.05) is 18.4 Å². The summed E-state index contributed by atoms with van der Waals surface area (Å²) in [5.74, 6) is 0.677. The molecule has 5 nitrogen and oxygen atoms in total. The molecule has 0 saturated carbocycles. The summed E-state index contributed by atoms with van der Waals surface area (Å²) in [7, 11) is 1.74. The number of halogens is 1. The van der Waals surface area contributed by atoms with Crippen molar-refractivity contribution in [3.05, 3.63) is 24.3 Å². The SMILES string of the molecule is CNCC(=O)Nc1cccc(OCC2CCCO2)c1.Cl. The minimum atomic E-state index is -0.0706. The van der Waals surface area contributed by atoms with Crippen LogP contribution >= 0.6 is 12.4 Å². The molecule has 0 bridgehead atoms. The van der Waals surface area contributed by atoms with Crippen molar-refractivity contribution in [1.82, 2.24) is 5.32 Å². The predicted octanol–water partition coefficient (Wildman–Crippen LogP) is 1.82. The summed E-state index contributed by atoms with van der Waals surface area (Å²) < 4.78 is 11.2. The molecule has 1 fully saturated rings. The molecule has 1 aliphatic heterocycles. The van der Waals surface area contributed by atoms with Crippen LogP contribution in [0.2, 0.25) is 0 Å². The number of ether oxygens (including phenoxy) is 2. The van der Waals surface area contributed by atoms with Crippen LogP contribution < -0.4 is 15.4 Å². The molecular weight excluding hydrogens is 280 g/mol. The fourth-order valence-corrected chi connectivity index (χ4v) is 1.99. The van der Waals surface area contributed by atoms with Crippen LogP contribution in [0, 0.1) is 0 Å². The molecule has 112 valence electrons. The van der Waals surface area contributed by atoms with Crippen LogP contribution in [0.15, 0.2) is 24.3 Å². The summed E-state index contributed by atoms with van der Waals surface area (Å²) in [6.45, 7) is 1.68. The molecule has 1 atom stereocenters. The molecule has 1 aliphatic rings. The number of benzene rings is 1. The Morgan fingerprint density at radius 2 is 2.35 bits per heavy atom. The van der Waals surface area contributed by atoms with Crippen LogP contribution in [0.1, 0.15) is 12.8 Å². The highest BCUT2D eigenvalue weighted by Crippen LogP contribution is 2.19. The minimum Gasteiger partial charge on any atom is -0.491 e. The Bertz CT molecular complexity index is 423. The highest BCUT2D eigenvalue weighted by atomic mass is 35.5. The van der Waals surface area contributed by atoms with Crippen molar-refractivity contribution in [3.8, 4) is 5.75 Å². The van der Waals surface area contributed by atoms with Crippen LogP contribution in [0.5, 0.6) is 5.75 Å². The maximum absolute atomic E-state index is 11.5. The molecule has 1 amide bonds. The van der Waals surface area contributed by atoms with Gasteiger partial charge in [-0.3, -0.25) is 4.79 Å². The van der Waals surface area contributed by atoms with Crippen molar-refractivity contribution >= 4 is 24.0 Å². The van der Waals surface area contributed by atoms with Gasteiger partial charge in [-0.15, -0.1) is 12.4 Å². The van der Waals surface area contributed by atoms with E-state index in [-0.39, 0.29) is 24.4 Å². The molecule has 1 aromatic rings. The van der Waals surface area contributed by atoms with Gasteiger partial charge in [-0.25, -0.2) is 0 Å². The highest BCUT2D eigenvalue weighted by Gasteiger charge is 2.15. The molecule has 0 aromatic heterocycles. The van der Waals surface area contributed by atoms with E-state index >= 15 is 0 Å². The van der Waals surface area contributed by atoms with Crippen LogP contribution in [-0.4, -0.2) is 38.8 Å². The first-order valence-electron chi connectivity index (χ1n) is 6.57. The average molecular weight is 301 g/mol. The van der Waals surface area contributed by atoms with Crippen LogP contribution in [0.4, 0.5) is 5.69 Å². The smallest absolute Gasteiger partial charge is 0.238 e. The molecule has 0 aliphatic carbocycles. The van der Waals surface area contributed by atoms with E-state index in [1.807, 2.05) is 24.3 Å². The number of nitrogens with one attached hydrogen (secondary N) is 2. The van der Waals surface area contributed by atoms with Crippen molar-refractivity contribution in [1.29, 1.82) is 0 Å². The quantitative estimate of drug-likeness (QED) is 0.841. The topological polar surface area (TPSA) is 59.6 Å². The molecule has 0 spiro atoms. The Morgan fingerprint density at radius 3 is 3.05 bits per heavy atom. The van der Waals surface area contributed by atoms with Crippen molar-refractivity contribution in [3.63, 3.8) is 0 Å². The standard InChI is InChI=1S/C14H20N2O3.ClH/c1-15-9-14(17)16-11-4-2-5-12(8-11)19-10-13-6-3-7-18-13;/h2,4-5,8,13,15H,3,6-7,9-10H2,1H3,(H,16,17);1H. The number of rotatable bonds is 6. The lowest BCUT2D eigenvalue weighted by molar-refractivity contribution is -0.115. The van der Waals surface area contributed by atoms with E-state index in [0.29, 0.717) is 13.2 Å². The first-order chi connectivity index (χ1) is 9.28. The number of carbonyl (C=O) groups is 1. The maximum Gasteiger partial charge on any atom is 0.238 e. The van der Waals surface area contributed by atoms with E-state index in [0.717, 1.165) is 30.9 Å². The fourth-order valence-electron chi connectivity index (χ4n) is 1.99. The van der Waals surface area contributed by atoms with E-state index in [1.165, 1.54) is 0 Å². The van der Waals surface area contributed by atoms with Gasteiger partial charge in [-0.1, -0.05) is 6.07 Å². The Balaban J connectivity index is 0.00000200. The maximum atomic E-state index is 11.5. The zero-order valence-corrected chi connectivity index (χ0v) is 12.4. The molecule has 2 N–H and O–H groups in total. The van der Waals surface area contributed by atoms with E-state index in [1.54, 1.807) is 7.05 Å². The van der Waals surface area contributed by atoms with Gasteiger partial charge in [0.25, 0.3) is 0 Å². The molecular formula is C14H21ClN2O3. The first-order valence-corrected chi connectivity index (χ1v) is 6.57. The lowest BCUT2D eigenvalue weighted by Gasteiger charge is -2.12. The van der Waals surface area contributed by atoms with Gasteiger partial charge in [0.2, 0.25) is 5.91 Å². The Labute approximate surface area is 125 Å². The summed E-state index contributed by atoms with van der Waals surface area (Å²) in [6, 6.07) is 7.40. The third kappa shape index (κ3) is 5.36. The number of anilines is 1. The molecule has 0 radical (unpaired) electrons. The molecule has 1 aromatic carbocycles. The van der Waals surface area contributed by atoms with Gasteiger partial charge >= 0.3 is 0 Å². The number of hydrogen-bond acceptors (Lipinski definition) is 4. The van der Waals surface area contributed by atoms with Gasteiger partial charge in [0.1, 0.15) is 12.4 Å². The molecule has 1 unspecified atom stereocenters.